The van der Waals surface area contributed by atoms with Gasteiger partial charge in [0.15, 0.2) is 0 Å². The van der Waals surface area contributed by atoms with Gasteiger partial charge in [0.1, 0.15) is 0 Å². The van der Waals surface area contributed by atoms with Crippen LogP contribution in [0, 0.1) is 0 Å². The SMILES string of the molecule is CN1CCCCCC1=[Se]. The zero-order valence-corrected chi connectivity index (χ0v) is 7.60. The molecule has 0 bridgehead atoms. The van der Waals surface area contributed by atoms with E-state index in [1.54, 1.807) is 0 Å². The monoisotopic (exact) mass is 191 g/mol. The van der Waals surface area contributed by atoms with Gasteiger partial charge < -0.3 is 0 Å². The van der Waals surface area contributed by atoms with E-state index in [-0.39, 0.29) is 0 Å². The molecule has 1 nitrogen and oxygen atoms in total. The predicted octanol–water partition coefficient (Wildman–Crippen LogP) is 0.791. The Hall–Kier alpha value is 0.189. The third kappa shape index (κ3) is 2.11. The average molecular weight is 190 g/mol. The first-order chi connectivity index (χ1) is 4.30. The normalized spacial score (nSPS) is 21.9. The first-order valence-corrected chi connectivity index (χ1v) is 4.40. The van der Waals surface area contributed by atoms with Gasteiger partial charge >= 0.3 is 64.3 Å². The van der Waals surface area contributed by atoms with Crippen molar-refractivity contribution in [1.82, 2.24) is 4.90 Å². The first-order valence-electron chi connectivity index (χ1n) is 3.54. The molecule has 0 radical (unpaired) electrons. The molecular weight excluding hydrogens is 177 g/mol. The van der Waals surface area contributed by atoms with Gasteiger partial charge in [-0.2, -0.15) is 0 Å². The predicted molar refractivity (Wildman–Crippen MR) is 41.9 cm³/mol. The van der Waals surface area contributed by atoms with Gasteiger partial charge in [-0.05, 0) is 0 Å². The van der Waals surface area contributed by atoms with Gasteiger partial charge in [0.2, 0.25) is 0 Å². The van der Waals surface area contributed by atoms with Crippen LogP contribution in [0.5, 0.6) is 0 Å². The molecule has 0 aromatic rings. The number of likely N-dealkylation sites (tertiary alicyclic amines) is 1. The zero-order chi connectivity index (χ0) is 6.69. The van der Waals surface area contributed by atoms with Crippen molar-refractivity contribution in [3.63, 3.8) is 0 Å². The fourth-order valence-corrected chi connectivity index (χ4v) is 1.61. The van der Waals surface area contributed by atoms with Gasteiger partial charge in [-0.3, -0.25) is 0 Å². The van der Waals surface area contributed by atoms with Crippen molar-refractivity contribution in [3.05, 3.63) is 0 Å². The topological polar surface area (TPSA) is 3.24 Å². The Labute approximate surface area is 64.8 Å². The summed E-state index contributed by atoms with van der Waals surface area (Å²) >= 11 is 3.11. The number of hydrogen-bond acceptors (Lipinski definition) is 1. The molecule has 1 fully saturated rings. The Balaban J connectivity index is 2.41. The van der Waals surface area contributed by atoms with Crippen molar-refractivity contribution < 1.29 is 0 Å². The van der Waals surface area contributed by atoms with E-state index in [1.165, 1.54) is 36.8 Å². The van der Waals surface area contributed by atoms with Crippen molar-refractivity contribution in [3.8, 4) is 0 Å². The number of rotatable bonds is 0. The van der Waals surface area contributed by atoms with Gasteiger partial charge in [-0.1, -0.05) is 0 Å². The Morgan fingerprint density at radius 3 is 2.89 bits per heavy atom. The Morgan fingerprint density at radius 2 is 2.11 bits per heavy atom. The molecule has 0 N–H and O–H groups in total. The summed E-state index contributed by atoms with van der Waals surface area (Å²) < 4.78 is 1.44. The molecule has 0 aliphatic carbocycles. The van der Waals surface area contributed by atoms with Crippen LogP contribution in [0.3, 0.4) is 0 Å². The molecule has 0 aromatic carbocycles. The van der Waals surface area contributed by atoms with Crippen LogP contribution < -0.4 is 0 Å². The molecule has 1 aliphatic heterocycles. The van der Waals surface area contributed by atoms with E-state index >= 15 is 0 Å². The van der Waals surface area contributed by atoms with Gasteiger partial charge in [0, 0.05) is 0 Å². The van der Waals surface area contributed by atoms with Crippen molar-refractivity contribution >= 4 is 20.1 Å². The fraction of sp³-hybridized carbons (Fsp3) is 0.857. The van der Waals surface area contributed by atoms with Gasteiger partial charge in [0.05, 0.1) is 0 Å². The summed E-state index contributed by atoms with van der Waals surface area (Å²) in [6, 6.07) is 0. The van der Waals surface area contributed by atoms with Crippen LogP contribution >= 0.6 is 0 Å². The van der Waals surface area contributed by atoms with Crippen molar-refractivity contribution in [2.75, 3.05) is 13.6 Å². The molecule has 52 valence electrons. The molecule has 2 heteroatoms. The van der Waals surface area contributed by atoms with Crippen LogP contribution in [0.25, 0.3) is 0 Å². The van der Waals surface area contributed by atoms with Crippen LogP contribution in [-0.2, 0) is 0 Å². The maximum atomic E-state index is 3.11. The average Bonchev–Trinajstić information content (AvgIpc) is 1.99. The summed E-state index contributed by atoms with van der Waals surface area (Å²) in [6.45, 7) is 1.24. The minimum absolute atomic E-state index is 1.24. The van der Waals surface area contributed by atoms with Crippen LogP contribution in [0.1, 0.15) is 25.7 Å². The second-order valence-corrected chi connectivity index (χ2v) is 3.61. The van der Waals surface area contributed by atoms with Crippen molar-refractivity contribution in [2.24, 2.45) is 0 Å². The van der Waals surface area contributed by atoms with Crippen LogP contribution in [0.2, 0.25) is 0 Å². The molecule has 9 heavy (non-hydrogen) atoms. The van der Waals surface area contributed by atoms with E-state index < -0.39 is 0 Å². The molecule has 1 saturated heterocycles. The van der Waals surface area contributed by atoms with Crippen molar-refractivity contribution in [1.29, 1.82) is 0 Å². The summed E-state index contributed by atoms with van der Waals surface area (Å²) in [6.07, 6.45) is 5.39. The number of hydrogen-bond donors (Lipinski definition) is 0. The standard InChI is InChI=1S/C7H13NSe/c1-8-6-4-2-3-5-7(8)9/h2-6H2,1H3. The summed E-state index contributed by atoms with van der Waals surface area (Å²) in [5.41, 5.74) is 0. The quantitative estimate of drug-likeness (QED) is 0.510. The molecule has 0 amide bonds. The van der Waals surface area contributed by atoms with Crippen molar-refractivity contribution in [2.45, 2.75) is 25.7 Å². The molecule has 1 rings (SSSR count). The molecule has 0 saturated carbocycles. The minimum atomic E-state index is 1.24. The van der Waals surface area contributed by atoms with Gasteiger partial charge in [0.25, 0.3) is 0 Å². The Morgan fingerprint density at radius 1 is 1.33 bits per heavy atom. The van der Waals surface area contributed by atoms with E-state index in [1.807, 2.05) is 0 Å². The zero-order valence-electron chi connectivity index (χ0n) is 5.89. The van der Waals surface area contributed by atoms with Gasteiger partial charge in [-0.25, -0.2) is 0 Å². The van der Waals surface area contributed by atoms with Crippen LogP contribution in [0.4, 0.5) is 0 Å². The first kappa shape index (κ1) is 7.30. The molecule has 0 atom stereocenters. The number of nitrogens with zero attached hydrogens (tertiary/aromatic N) is 1. The van der Waals surface area contributed by atoms with E-state index in [4.69, 9.17) is 0 Å². The van der Waals surface area contributed by atoms with Gasteiger partial charge in [-0.15, -0.1) is 0 Å². The van der Waals surface area contributed by atoms with E-state index in [9.17, 15) is 0 Å². The molecule has 0 unspecified atom stereocenters. The molecular formula is C7H13NSe. The Bertz CT molecular complexity index is 111. The summed E-state index contributed by atoms with van der Waals surface area (Å²) in [4.78, 5) is 2.33. The molecule has 1 aliphatic rings. The van der Waals surface area contributed by atoms with Crippen LogP contribution in [0.15, 0.2) is 0 Å². The van der Waals surface area contributed by atoms with E-state index in [2.05, 4.69) is 27.5 Å². The molecule has 1 heterocycles. The second kappa shape index (κ2) is 3.38. The third-order valence-electron chi connectivity index (χ3n) is 1.81. The van der Waals surface area contributed by atoms with Crippen LogP contribution in [-0.4, -0.2) is 38.6 Å². The maximum absolute atomic E-state index is 3.11. The summed E-state index contributed by atoms with van der Waals surface area (Å²) in [5, 5.41) is 0. The summed E-state index contributed by atoms with van der Waals surface area (Å²) in [5.74, 6) is 0. The second-order valence-electron chi connectivity index (χ2n) is 2.63. The van der Waals surface area contributed by atoms with E-state index in [0.717, 1.165) is 0 Å². The molecule has 0 spiro atoms. The Kier molecular flexibility index (Phi) is 2.74. The third-order valence-corrected chi connectivity index (χ3v) is 2.89. The fourth-order valence-electron chi connectivity index (χ4n) is 1.12. The summed E-state index contributed by atoms with van der Waals surface area (Å²) in [7, 11) is 2.16. The molecule has 0 aromatic heterocycles. The van der Waals surface area contributed by atoms with E-state index in [0.29, 0.717) is 0 Å².